The van der Waals surface area contributed by atoms with E-state index in [1.54, 1.807) is 12.1 Å². The van der Waals surface area contributed by atoms with Crippen LogP contribution in [0.4, 0.5) is 4.39 Å². The summed E-state index contributed by atoms with van der Waals surface area (Å²) >= 11 is 0. The molecule has 2 unspecified atom stereocenters. The standard InChI is InChI=1S/C16H22FNO2/c1-3-16(15(19)20)9-4-10-18(16)12(2)11-13-5-7-14(17)8-6-13/h5-8,12H,3-4,9-11H2,1-2H3,(H,19,20). The van der Waals surface area contributed by atoms with Crippen molar-refractivity contribution in [2.75, 3.05) is 6.54 Å². The lowest BCUT2D eigenvalue weighted by molar-refractivity contribution is -0.151. The van der Waals surface area contributed by atoms with Crippen LogP contribution in [0.15, 0.2) is 24.3 Å². The molecular weight excluding hydrogens is 257 g/mol. The maximum Gasteiger partial charge on any atom is 0.324 e. The molecular formula is C16H22FNO2. The summed E-state index contributed by atoms with van der Waals surface area (Å²) in [7, 11) is 0. The molecule has 110 valence electrons. The third kappa shape index (κ3) is 2.70. The average molecular weight is 279 g/mol. The molecule has 0 bridgehead atoms. The average Bonchev–Trinajstić information content (AvgIpc) is 2.86. The number of hydrogen-bond donors (Lipinski definition) is 1. The maximum absolute atomic E-state index is 12.9. The highest BCUT2D eigenvalue weighted by atomic mass is 19.1. The first kappa shape index (κ1) is 15.0. The molecule has 0 aromatic heterocycles. The molecule has 2 rings (SSSR count). The summed E-state index contributed by atoms with van der Waals surface area (Å²) in [4.78, 5) is 13.8. The van der Waals surface area contributed by atoms with Crippen LogP contribution in [0, 0.1) is 5.82 Å². The Hall–Kier alpha value is -1.42. The van der Waals surface area contributed by atoms with Crippen molar-refractivity contribution >= 4 is 5.97 Å². The molecule has 4 heteroatoms. The van der Waals surface area contributed by atoms with Gasteiger partial charge in [-0.1, -0.05) is 19.1 Å². The summed E-state index contributed by atoms with van der Waals surface area (Å²) in [6.45, 7) is 4.82. The summed E-state index contributed by atoms with van der Waals surface area (Å²) in [5.74, 6) is -0.959. The topological polar surface area (TPSA) is 40.5 Å². The minimum atomic E-state index is -0.723. The van der Waals surface area contributed by atoms with Gasteiger partial charge in [0.2, 0.25) is 0 Å². The Labute approximate surface area is 119 Å². The molecule has 1 saturated heterocycles. The fourth-order valence-electron chi connectivity index (χ4n) is 3.37. The monoisotopic (exact) mass is 279 g/mol. The van der Waals surface area contributed by atoms with Crippen molar-refractivity contribution in [3.8, 4) is 0 Å². The zero-order valence-corrected chi connectivity index (χ0v) is 12.1. The van der Waals surface area contributed by atoms with Gasteiger partial charge in [0.25, 0.3) is 0 Å². The molecule has 0 saturated carbocycles. The SMILES string of the molecule is CCC1(C(=O)O)CCCN1C(C)Cc1ccc(F)cc1. The van der Waals surface area contributed by atoms with Crippen molar-refractivity contribution in [2.24, 2.45) is 0 Å². The van der Waals surface area contributed by atoms with E-state index in [0.717, 1.165) is 24.9 Å². The molecule has 1 aromatic rings. The van der Waals surface area contributed by atoms with E-state index in [2.05, 4.69) is 11.8 Å². The Morgan fingerprint density at radius 2 is 2.10 bits per heavy atom. The van der Waals surface area contributed by atoms with Gasteiger partial charge in [0, 0.05) is 6.04 Å². The van der Waals surface area contributed by atoms with E-state index in [9.17, 15) is 14.3 Å². The van der Waals surface area contributed by atoms with Crippen molar-refractivity contribution in [1.82, 2.24) is 4.90 Å². The molecule has 20 heavy (non-hydrogen) atoms. The smallest absolute Gasteiger partial charge is 0.324 e. The van der Waals surface area contributed by atoms with E-state index >= 15 is 0 Å². The Morgan fingerprint density at radius 1 is 1.45 bits per heavy atom. The maximum atomic E-state index is 12.9. The highest BCUT2D eigenvalue weighted by Crippen LogP contribution is 2.35. The molecule has 0 radical (unpaired) electrons. The van der Waals surface area contributed by atoms with E-state index < -0.39 is 11.5 Å². The molecule has 0 spiro atoms. The van der Waals surface area contributed by atoms with Crippen LogP contribution in [-0.2, 0) is 11.2 Å². The van der Waals surface area contributed by atoms with E-state index in [-0.39, 0.29) is 11.9 Å². The molecule has 1 aliphatic rings. The van der Waals surface area contributed by atoms with E-state index in [1.807, 2.05) is 6.92 Å². The van der Waals surface area contributed by atoms with Crippen molar-refractivity contribution in [3.05, 3.63) is 35.6 Å². The number of carbonyl (C=O) groups is 1. The van der Waals surface area contributed by atoms with Crippen LogP contribution in [0.1, 0.15) is 38.7 Å². The Balaban J connectivity index is 2.13. The quantitative estimate of drug-likeness (QED) is 0.900. The first-order valence-electron chi connectivity index (χ1n) is 7.24. The van der Waals surface area contributed by atoms with Crippen molar-refractivity contribution < 1.29 is 14.3 Å². The predicted molar refractivity (Wildman–Crippen MR) is 76.2 cm³/mol. The second-order valence-electron chi connectivity index (χ2n) is 5.67. The van der Waals surface area contributed by atoms with Crippen LogP contribution >= 0.6 is 0 Å². The third-order valence-electron chi connectivity index (χ3n) is 4.50. The van der Waals surface area contributed by atoms with Gasteiger partial charge in [0.15, 0.2) is 0 Å². The second kappa shape index (κ2) is 5.92. The predicted octanol–water partition coefficient (Wildman–Crippen LogP) is 3.09. The molecule has 1 heterocycles. The normalized spacial score (nSPS) is 24.8. The second-order valence-corrected chi connectivity index (χ2v) is 5.67. The molecule has 0 amide bonds. The fraction of sp³-hybridized carbons (Fsp3) is 0.562. The largest absolute Gasteiger partial charge is 0.480 e. The minimum absolute atomic E-state index is 0.138. The van der Waals surface area contributed by atoms with Crippen LogP contribution in [0.3, 0.4) is 0 Å². The van der Waals surface area contributed by atoms with Crippen molar-refractivity contribution in [3.63, 3.8) is 0 Å². The fourth-order valence-corrected chi connectivity index (χ4v) is 3.37. The minimum Gasteiger partial charge on any atom is -0.480 e. The first-order valence-corrected chi connectivity index (χ1v) is 7.24. The van der Waals surface area contributed by atoms with E-state index in [1.165, 1.54) is 12.1 Å². The summed E-state index contributed by atoms with van der Waals surface area (Å²) in [6.07, 6.45) is 3.01. The van der Waals surface area contributed by atoms with Gasteiger partial charge in [-0.15, -0.1) is 0 Å². The summed E-state index contributed by atoms with van der Waals surface area (Å²) < 4.78 is 12.9. The summed E-state index contributed by atoms with van der Waals surface area (Å²) in [5, 5.41) is 9.59. The van der Waals surface area contributed by atoms with Gasteiger partial charge < -0.3 is 5.11 Å². The van der Waals surface area contributed by atoms with Gasteiger partial charge in [-0.25, -0.2) is 4.39 Å². The molecule has 1 fully saturated rings. The lowest BCUT2D eigenvalue weighted by Crippen LogP contribution is -2.54. The van der Waals surface area contributed by atoms with Crippen molar-refractivity contribution in [2.45, 2.75) is 51.1 Å². The molecule has 1 N–H and O–H groups in total. The number of rotatable bonds is 5. The zero-order chi connectivity index (χ0) is 14.8. The lowest BCUT2D eigenvalue weighted by Gasteiger charge is -2.38. The van der Waals surface area contributed by atoms with Gasteiger partial charge in [0.05, 0.1) is 0 Å². The number of halogens is 1. The number of nitrogens with zero attached hydrogens (tertiary/aromatic N) is 1. The third-order valence-corrected chi connectivity index (χ3v) is 4.50. The van der Waals surface area contributed by atoms with Gasteiger partial charge >= 0.3 is 5.97 Å². The molecule has 0 aliphatic carbocycles. The molecule has 3 nitrogen and oxygen atoms in total. The number of carboxylic acid groups (broad SMARTS) is 1. The van der Waals surface area contributed by atoms with Gasteiger partial charge in [-0.2, -0.15) is 0 Å². The highest BCUT2D eigenvalue weighted by Gasteiger charge is 2.47. The Morgan fingerprint density at radius 3 is 2.65 bits per heavy atom. The van der Waals surface area contributed by atoms with Gasteiger partial charge in [0.1, 0.15) is 11.4 Å². The van der Waals surface area contributed by atoms with Gasteiger partial charge in [-0.05, 0) is 56.8 Å². The first-order chi connectivity index (χ1) is 9.49. The molecule has 1 aliphatic heterocycles. The molecule has 1 aromatic carbocycles. The van der Waals surface area contributed by atoms with E-state index in [4.69, 9.17) is 0 Å². The van der Waals surface area contributed by atoms with E-state index in [0.29, 0.717) is 12.8 Å². The molecule has 2 atom stereocenters. The highest BCUT2D eigenvalue weighted by molar-refractivity contribution is 5.79. The zero-order valence-electron chi connectivity index (χ0n) is 12.1. The van der Waals surface area contributed by atoms with Crippen LogP contribution in [-0.4, -0.2) is 34.1 Å². The number of carboxylic acids is 1. The van der Waals surface area contributed by atoms with Crippen LogP contribution in [0.5, 0.6) is 0 Å². The Kier molecular flexibility index (Phi) is 4.43. The van der Waals surface area contributed by atoms with Crippen LogP contribution in [0.25, 0.3) is 0 Å². The van der Waals surface area contributed by atoms with Crippen LogP contribution < -0.4 is 0 Å². The van der Waals surface area contributed by atoms with Crippen molar-refractivity contribution in [1.29, 1.82) is 0 Å². The van der Waals surface area contributed by atoms with Gasteiger partial charge in [-0.3, -0.25) is 9.69 Å². The summed E-state index contributed by atoms with van der Waals surface area (Å²) in [5.41, 5.74) is 0.320. The number of likely N-dealkylation sites (tertiary alicyclic amines) is 1. The number of benzene rings is 1. The number of aliphatic carboxylic acids is 1. The van der Waals surface area contributed by atoms with Crippen LogP contribution in [0.2, 0.25) is 0 Å². The summed E-state index contributed by atoms with van der Waals surface area (Å²) in [6, 6.07) is 6.60. The number of hydrogen-bond acceptors (Lipinski definition) is 2. The Bertz CT molecular complexity index is 474. The lowest BCUT2D eigenvalue weighted by atomic mass is 9.91.